The molecule has 1 aliphatic heterocycles. The summed E-state index contributed by atoms with van der Waals surface area (Å²) in [7, 11) is 2.24. The predicted molar refractivity (Wildman–Crippen MR) is 71.2 cm³/mol. The Balaban J connectivity index is 2.00. The number of aliphatic hydroxyl groups is 1. The molecule has 1 N–H and O–H groups in total. The fraction of sp³-hybridized carbons (Fsp3) is 1.00. The highest BCUT2D eigenvalue weighted by Gasteiger charge is 2.31. The fourth-order valence-electron chi connectivity index (χ4n) is 3.55. The zero-order valence-corrected chi connectivity index (χ0v) is 11.4. The van der Waals surface area contributed by atoms with E-state index >= 15 is 0 Å². The highest BCUT2D eigenvalue weighted by atomic mass is 16.3. The smallest absolute Gasteiger partial charge is 0.0555 e. The maximum atomic E-state index is 9.85. The van der Waals surface area contributed by atoms with E-state index in [1.54, 1.807) is 0 Å². The molecule has 0 aromatic carbocycles. The lowest BCUT2D eigenvalue weighted by Crippen LogP contribution is -2.48. The number of hydrogen-bond donors (Lipinski definition) is 1. The Hall–Kier alpha value is -0.120. The van der Waals surface area contributed by atoms with Gasteiger partial charge in [0.05, 0.1) is 6.10 Å². The third-order valence-electron chi connectivity index (χ3n) is 4.51. The molecule has 0 aromatic heterocycles. The number of nitrogens with zero attached hydrogens (tertiary/aromatic N) is 2. The lowest BCUT2D eigenvalue weighted by molar-refractivity contribution is 0.0399. The van der Waals surface area contributed by atoms with Crippen LogP contribution in [0.25, 0.3) is 0 Å². The molecule has 100 valence electrons. The van der Waals surface area contributed by atoms with Crippen LogP contribution in [0.4, 0.5) is 0 Å². The normalized spacial score (nSPS) is 37.9. The topological polar surface area (TPSA) is 26.7 Å². The minimum Gasteiger partial charge on any atom is -0.393 e. The molecule has 1 saturated carbocycles. The third kappa shape index (κ3) is 3.43. The summed E-state index contributed by atoms with van der Waals surface area (Å²) in [5, 5.41) is 9.85. The Morgan fingerprint density at radius 2 is 2.00 bits per heavy atom. The molecule has 1 saturated heterocycles. The van der Waals surface area contributed by atoms with Crippen molar-refractivity contribution in [3.63, 3.8) is 0 Å². The summed E-state index contributed by atoms with van der Waals surface area (Å²) < 4.78 is 0. The maximum Gasteiger partial charge on any atom is 0.0555 e. The van der Waals surface area contributed by atoms with E-state index in [1.807, 2.05) is 0 Å². The molecule has 0 bridgehead atoms. The van der Waals surface area contributed by atoms with Gasteiger partial charge in [-0.05, 0) is 58.7 Å². The minimum absolute atomic E-state index is 0.0489. The lowest BCUT2D eigenvalue weighted by Gasteiger charge is -2.40. The van der Waals surface area contributed by atoms with Crippen LogP contribution >= 0.6 is 0 Å². The predicted octanol–water partition coefficient (Wildman–Crippen LogP) is 1.71. The highest BCUT2D eigenvalue weighted by molar-refractivity contribution is 4.87. The number of aliphatic hydroxyl groups excluding tert-OH is 1. The van der Waals surface area contributed by atoms with E-state index in [0.29, 0.717) is 12.1 Å². The van der Waals surface area contributed by atoms with Gasteiger partial charge in [-0.25, -0.2) is 0 Å². The van der Waals surface area contributed by atoms with Crippen LogP contribution in [0.1, 0.15) is 45.4 Å². The zero-order valence-electron chi connectivity index (χ0n) is 11.4. The van der Waals surface area contributed by atoms with Gasteiger partial charge in [0.1, 0.15) is 0 Å². The first-order chi connectivity index (χ1) is 8.20. The van der Waals surface area contributed by atoms with Crippen molar-refractivity contribution in [1.29, 1.82) is 0 Å². The average Bonchev–Trinajstić information content (AvgIpc) is 2.50. The standard InChI is InChI=1S/C14H28N2O/c1-3-12-11-15(2)8-5-9-16(12)13-6-4-7-14(17)10-13/h12-14,17H,3-11H2,1-2H3. The van der Waals surface area contributed by atoms with Gasteiger partial charge in [-0.15, -0.1) is 0 Å². The Labute approximate surface area is 106 Å². The molecular weight excluding hydrogens is 212 g/mol. The van der Waals surface area contributed by atoms with Crippen LogP contribution in [-0.4, -0.2) is 59.8 Å². The molecule has 2 fully saturated rings. The van der Waals surface area contributed by atoms with Crippen molar-refractivity contribution in [2.75, 3.05) is 26.7 Å². The summed E-state index contributed by atoms with van der Waals surface area (Å²) in [6, 6.07) is 1.33. The first kappa shape index (κ1) is 13.3. The van der Waals surface area contributed by atoms with Crippen LogP contribution in [0.3, 0.4) is 0 Å². The average molecular weight is 240 g/mol. The van der Waals surface area contributed by atoms with E-state index in [0.717, 1.165) is 12.8 Å². The van der Waals surface area contributed by atoms with Gasteiger partial charge in [-0.2, -0.15) is 0 Å². The number of likely N-dealkylation sites (N-methyl/N-ethyl adjacent to an activating group) is 1. The summed E-state index contributed by atoms with van der Waals surface area (Å²) in [6.45, 7) is 5.95. The number of hydrogen-bond acceptors (Lipinski definition) is 3. The molecule has 0 aromatic rings. The van der Waals surface area contributed by atoms with E-state index < -0.39 is 0 Å². The molecule has 3 heteroatoms. The Morgan fingerprint density at radius 3 is 2.71 bits per heavy atom. The van der Waals surface area contributed by atoms with Crippen LogP contribution < -0.4 is 0 Å². The van der Waals surface area contributed by atoms with Gasteiger partial charge in [0.2, 0.25) is 0 Å². The van der Waals surface area contributed by atoms with Gasteiger partial charge in [-0.1, -0.05) is 6.92 Å². The van der Waals surface area contributed by atoms with Crippen LogP contribution in [0, 0.1) is 0 Å². The van der Waals surface area contributed by atoms with Crippen molar-refractivity contribution in [2.24, 2.45) is 0 Å². The van der Waals surface area contributed by atoms with E-state index in [2.05, 4.69) is 23.8 Å². The Morgan fingerprint density at radius 1 is 1.18 bits per heavy atom. The van der Waals surface area contributed by atoms with Gasteiger partial charge in [0, 0.05) is 18.6 Å². The summed E-state index contributed by atoms with van der Waals surface area (Å²) in [5.74, 6) is 0. The van der Waals surface area contributed by atoms with Crippen molar-refractivity contribution in [3.05, 3.63) is 0 Å². The van der Waals surface area contributed by atoms with Crippen molar-refractivity contribution in [3.8, 4) is 0 Å². The van der Waals surface area contributed by atoms with Crippen molar-refractivity contribution >= 4 is 0 Å². The molecule has 3 unspecified atom stereocenters. The van der Waals surface area contributed by atoms with E-state index in [-0.39, 0.29) is 6.10 Å². The molecule has 3 atom stereocenters. The van der Waals surface area contributed by atoms with Crippen molar-refractivity contribution in [1.82, 2.24) is 9.80 Å². The maximum absolute atomic E-state index is 9.85. The third-order valence-corrected chi connectivity index (χ3v) is 4.51. The van der Waals surface area contributed by atoms with Crippen molar-refractivity contribution in [2.45, 2.75) is 63.6 Å². The van der Waals surface area contributed by atoms with E-state index in [9.17, 15) is 5.11 Å². The van der Waals surface area contributed by atoms with Crippen LogP contribution in [0.15, 0.2) is 0 Å². The Bertz CT molecular complexity index is 234. The molecule has 1 heterocycles. The highest BCUT2D eigenvalue weighted by Crippen LogP contribution is 2.27. The number of rotatable bonds is 2. The van der Waals surface area contributed by atoms with Gasteiger partial charge in [0.25, 0.3) is 0 Å². The van der Waals surface area contributed by atoms with Gasteiger partial charge < -0.3 is 10.0 Å². The quantitative estimate of drug-likeness (QED) is 0.796. The van der Waals surface area contributed by atoms with Crippen LogP contribution in [-0.2, 0) is 0 Å². The zero-order chi connectivity index (χ0) is 12.3. The second kappa shape index (κ2) is 6.17. The molecule has 1 aliphatic carbocycles. The van der Waals surface area contributed by atoms with E-state index in [4.69, 9.17) is 0 Å². The Kier molecular flexibility index (Phi) is 4.83. The second-order valence-corrected chi connectivity index (χ2v) is 5.89. The summed E-state index contributed by atoms with van der Waals surface area (Å²) in [5.41, 5.74) is 0. The lowest BCUT2D eigenvalue weighted by atomic mass is 9.90. The molecule has 2 rings (SSSR count). The first-order valence-electron chi connectivity index (χ1n) is 7.33. The first-order valence-corrected chi connectivity index (χ1v) is 7.33. The molecule has 2 aliphatic rings. The molecular formula is C14H28N2O. The molecule has 17 heavy (non-hydrogen) atoms. The minimum atomic E-state index is -0.0489. The monoisotopic (exact) mass is 240 g/mol. The fourth-order valence-corrected chi connectivity index (χ4v) is 3.55. The van der Waals surface area contributed by atoms with Crippen LogP contribution in [0.5, 0.6) is 0 Å². The summed E-state index contributed by atoms with van der Waals surface area (Å²) >= 11 is 0. The summed E-state index contributed by atoms with van der Waals surface area (Å²) in [4.78, 5) is 5.17. The largest absolute Gasteiger partial charge is 0.393 e. The van der Waals surface area contributed by atoms with E-state index in [1.165, 1.54) is 45.3 Å². The molecule has 0 amide bonds. The van der Waals surface area contributed by atoms with Gasteiger partial charge in [0.15, 0.2) is 0 Å². The summed E-state index contributed by atoms with van der Waals surface area (Å²) in [6.07, 6.45) is 6.97. The van der Waals surface area contributed by atoms with Gasteiger partial charge in [-0.3, -0.25) is 4.90 Å². The van der Waals surface area contributed by atoms with Crippen molar-refractivity contribution < 1.29 is 5.11 Å². The molecule has 0 radical (unpaired) electrons. The van der Waals surface area contributed by atoms with Crippen LogP contribution in [0.2, 0.25) is 0 Å². The second-order valence-electron chi connectivity index (χ2n) is 5.89. The molecule has 3 nitrogen and oxygen atoms in total. The van der Waals surface area contributed by atoms with Gasteiger partial charge >= 0.3 is 0 Å². The SMILES string of the molecule is CCC1CN(C)CCCN1C1CCCC(O)C1. The molecule has 0 spiro atoms.